The lowest BCUT2D eigenvalue weighted by Crippen LogP contribution is -2.64. The molecule has 0 spiro atoms. The zero-order chi connectivity index (χ0) is 17.3. The summed E-state index contributed by atoms with van der Waals surface area (Å²) in [5.74, 6) is 0. The van der Waals surface area contributed by atoms with Crippen LogP contribution in [-0.4, -0.2) is 115 Å². The Morgan fingerprint density at radius 1 is 0.652 bits per heavy atom. The van der Waals surface area contributed by atoms with Crippen molar-refractivity contribution in [1.29, 1.82) is 0 Å². The Kier molecular flexibility index (Phi) is 6.27. The highest BCUT2D eigenvalue weighted by Gasteiger charge is 2.50. The van der Waals surface area contributed by atoms with E-state index in [-0.39, 0.29) is 0 Å². The van der Waals surface area contributed by atoms with Gasteiger partial charge in [0.25, 0.3) is 0 Å². The lowest BCUT2D eigenvalue weighted by atomic mass is 9.97. The number of aliphatic hydroxyl groups excluding tert-OH is 8. The lowest BCUT2D eigenvalue weighted by molar-refractivity contribution is -0.355. The van der Waals surface area contributed by atoms with E-state index in [1.165, 1.54) is 0 Å². The molecule has 0 bridgehead atoms. The molecule has 0 aromatic heterocycles. The predicted molar refractivity (Wildman–Crippen MR) is 68.6 cm³/mol. The van der Waals surface area contributed by atoms with Crippen molar-refractivity contribution in [1.82, 2.24) is 0 Å². The molecule has 2 aliphatic rings. The average Bonchev–Trinajstić information content (AvgIpc) is 2.55. The van der Waals surface area contributed by atoms with Gasteiger partial charge in [-0.2, -0.15) is 0 Å². The summed E-state index contributed by atoms with van der Waals surface area (Å²) in [4.78, 5) is 0. The van der Waals surface area contributed by atoms with Crippen molar-refractivity contribution >= 4 is 0 Å². The summed E-state index contributed by atoms with van der Waals surface area (Å²) in [6, 6.07) is 0. The Labute approximate surface area is 130 Å². The fraction of sp³-hybridized carbons (Fsp3) is 1.00. The van der Waals surface area contributed by atoms with Gasteiger partial charge in [-0.05, 0) is 0 Å². The van der Waals surface area contributed by atoms with Crippen molar-refractivity contribution in [2.24, 2.45) is 0 Å². The first-order chi connectivity index (χ1) is 10.8. The Morgan fingerprint density at radius 3 is 1.83 bits per heavy atom. The van der Waals surface area contributed by atoms with E-state index in [0.29, 0.717) is 0 Å². The summed E-state index contributed by atoms with van der Waals surface area (Å²) in [5.41, 5.74) is 0. The van der Waals surface area contributed by atoms with Gasteiger partial charge in [-0.25, -0.2) is 0 Å². The Hall–Kier alpha value is -0.440. The van der Waals surface area contributed by atoms with E-state index in [0.717, 1.165) is 0 Å². The number of ether oxygens (including phenoxy) is 3. The largest absolute Gasteiger partial charge is 0.394 e. The zero-order valence-electron chi connectivity index (χ0n) is 12.0. The molecule has 0 saturated carbocycles. The van der Waals surface area contributed by atoms with Crippen molar-refractivity contribution < 1.29 is 55.1 Å². The first-order valence-electron chi connectivity index (χ1n) is 7.08. The molecule has 0 amide bonds. The molecule has 136 valence electrons. The molecule has 2 fully saturated rings. The molecule has 0 aromatic rings. The summed E-state index contributed by atoms with van der Waals surface area (Å²) in [6.45, 7) is -1.35. The second kappa shape index (κ2) is 7.63. The Bertz CT molecular complexity index is 378. The molecule has 11 heteroatoms. The van der Waals surface area contributed by atoms with E-state index >= 15 is 0 Å². The molecule has 11 nitrogen and oxygen atoms in total. The van der Waals surface area contributed by atoms with E-state index in [4.69, 9.17) is 19.3 Å². The fourth-order valence-electron chi connectivity index (χ4n) is 2.57. The molecule has 0 aromatic carbocycles. The monoisotopic (exact) mass is 342 g/mol. The van der Waals surface area contributed by atoms with Crippen LogP contribution < -0.4 is 0 Å². The smallest absolute Gasteiger partial charge is 0.187 e. The second-order valence-corrected chi connectivity index (χ2v) is 5.53. The van der Waals surface area contributed by atoms with E-state index in [1.807, 2.05) is 0 Å². The number of hydrogen-bond acceptors (Lipinski definition) is 11. The first-order valence-corrected chi connectivity index (χ1v) is 7.08. The topological polar surface area (TPSA) is 190 Å². The molecule has 0 aliphatic carbocycles. The van der Waals surface area contributed by atoms with Crippen molar-refractivity contribution in [3.05, 3.63) is 0 Å². The summed E-state index contributed by atoms with van der Waals surface area (Å²) >= 11 is 0. The highest BCUT2D eigenvalue weighted by molar-refractivity contribution is 4.93. The van der Waals surface area contributed by atoms with Gasteiger partial charge in [0, 0.05) is 0 Å². The van der Waals surface area contributed by atoms with Gasteiger partial charge < -0.3 is 55.1 Å². The SMILES string of the molecule is OC[C@H]1O[C@H](O[C@H]2[C@H](O)[C@@H](O)[C@@H](O)O[C@@H]2CO)[C@@H](O)[C@@H](O)[C@@H]1O. The van der Waals surface area contributed by atoms with Crippen molar-refractivity contribution in [2.45, 2.75) is 61.4 Å². The summed E-state index contributed by atoms with van der Waals surface area (Å²) in [5, 5.41) is 76.5. The summed E-state index contributed by atoms with van der Waals surface area (Å²) in [6.07, 6.45) is -15.6. The first kappa shape index (κ1) is 18.9. The van der Waals surface area contributed by atoms with Gasteiger partial charge in [0.1, 0.15) is 48.8 Å². The van der Waals surface area contributed by atoms with Crippen molar-refractivity contribution in [2.75, 3.05) is 13.2 Å². The van der Waals surface area contributed by atoms with Crippen LogP contribution in [0.4, 0.5) is 0 Å². The average molecular weight is 342 g/mol. The van der Waals surface area contributed by atoms with Crippen LogP contribution >= 0.6 is 0 Å². The van der Waals surface area contributed by atoms with Crippen LogP contribution in [0.15, 0.2) is 0 Å². The van der Waals surface area contributed by atoms with Crippen molar-refractivity contribution in [3.63, 3.8) is 0 Å². The fourth-order valence-corrected chi connectivity index (χ4v) is 2.57. The van der Waals surface area contributed by atoms with Crippen LogP contribution in [-0.2, 0) is 14.2 Å². The minimum atomic E-state index is -1.74. The van der Waals surface area contributed by atoms with E-state index < -0.39 is 74.6 Å². The van der Waals surface area contributed by atoms with E-state index in [2.05, 4.69) is 0 Å². The Balaban J connectivity index is 2.11. The molecule has 10 atom stereocenters. The molecule has 2 aliphatic heterocycles. The standard InChI is InChI=1S/C12H22O11/c13-1-3-5(15)6(16)9(19)12(22-3)23-10-4(2-14)21-11(20)8(18)7(10)17/h3-20H,1-2H2/t3-,4-,5-,6+,7-,8-,9+,10-,11+,12-/m1/s1. The third-order valence-electron chi connectivity index (χ3n) is 3.98. The highest BCUT2D eigenvalue weighted by Crippen LogP contribution is 2.28. The van der Waals surface area contributed by atoms with Gasteiger partial charge in [-0.15, -0.1) is 0 Å². The molecule has 2 heterocycles. The number of hydrogen-bond donors (Lipinski definition) is 8. The normalized spacial score (nSPS) is 51.7. The third-order valence-corrected chi connectivity index (χ3v) is 3.98. The zero-order valence-corrected chi connectivity index (χ0v) is 12.0. The van der Waals surface area contributed by atoms with Crippen molar-refractivity contribution in [3.8, 4) is 0 Å². The maximum absolute atomic E-state index is 9.94. The third kappa shape index (κ3) is 3.65. The Morgan fingerprint density at radius 2 is 1.26 bits per heavy atom. The molecule has 0 radical (unpaired) electrons. The lowest BCUT2D eigenvalue weighted by Gasteiger charge is -2.45. The molecule has 23 heavy (non-hydrogen) atoms. The predicted octanol–water partition coefficient (Wildman–Crippen LogP) is -5.40. The maximum Gasteiger partial charge on any atom is 0.187 e. The maximum atomic E-state index is 9.94. The van der Waals surface area contributed by atoms with E-state index in [9.17, 15) is 35.7 Å². The summed E-state index contributed by atoms with van der Waals surface area (Å²) < 4.78 is 15.3. The summed E-state index contributed by atoms with van der Waals surface area (Å²) in [7, 11) is 0. The molecular weight excluding hydrogens is 320 g/mol. The van der Waals surface area contributed by atoms with Gasteiger partial charge >= 0.3 is 0 Å². The molecule has 2 rings (SSSR count). The van der Waals surface area contributed by atoms with Crippen LogP contribution in [0.2, 0.25) is 0 Å². The molecule has 2 saturated heterocycles. The number of rotatable bonds is 4. The second-order valence-electron chi connectivity index (χ2n) is 5.53. The van der Waals surface area contributed by atoms with Crippen LogP contribution in [0.5, 0.6) is 0 Å². The van der Waals surface area contributed by atoms with E-state index in [1.54, 1.807) is 0 Å². The van der Waals surface area contributed by atoms with Gasteiger partial charge in [-0.1, -0.05) is 0 Å². The molecule has 0 unspecified atom stereocenters. The van der Waals surface area contributed by atoms with Crippen LogP contribution in [0, 0.1) is 0 Å². The molecule has 8 N–H and O–H groups in total. The number of aliphatic hydroxyl groups is 8. The van der Waals surface area contributed by atoms with Gasteiger partial charge in [0.05, 0.1) is 13.2 Å². The van der Waals surface area contributed by atoms with Gasteiger partial charge in [0.2, 0.25) is 0 Å². The minimum Gasteiger partial charge on any atom is -0.394 e. The van der Waals surface area contributed by atoms with Crippen LogP contribution in [0.3, 0.4) is 0 Å². The van der Waals surface area contributed by atoms with Crippen LogP contribution in [0.25, 0.3) is 0 Å². The van der Waals surface area contributed by atoms with Crippen LogP contribution in [0.1, 0.15) is 0 Å². The molecular formula is C12H22O11. The van der Waals surface area contributed by atoms with Gasteiger partial charge in [-0.3, -0.25) is 0 Å². The quantitative estimate of drug-likeness (QED) is 0.243. The van der Waals surface area contributed by atoms with Gasteiger partial charge in [0.15, 0.2) is 12.6 Å². The minimum absolute atomic E-state index is 0.667. The highest BCUT2D eigenvalue weighted by atomic mass is 16.7.